The van der Waals surface area contributed by atoms with Gasteiger partial charge in [-0.1, -0.05) is 0 Å². The van der Waals surface area contributed by atoms with Gasteiger partial charge in [-0.3, -0.25) is 5.10 Å². The fourth-order valence-corrected chi connectivity index (χ4v) is 2.77. The number of aromatic nitrogens is 2. The molecule has 0 spiro atoms. The summed E-state index contributed by atoms with van der Waals surface area (Å²) < 4.78 is 17.8. The number of nitrogens with zero attached hydrogens (tertiary/aromatic N) is 1. The normalized spacial score (nSPS) is 13.9. The van der Waals surface area contributed by atoms with Crippen molar-refractivity contribution in [1.82, 2.24) is 10.2 Å². The first-order valence-corrected chi connectivity index (χ1v) is 6.97. The van der Waals surface area contributed by atoms with Crippen molar-refractivity contribution in [3.05, 3.63) is 16.7 Å². The van der Waals surface area contributed by atoms with E-state index >= 15 is 0 Å². The van der Waals surface area contributed by atoms with Crippen molar-refractivity contribution >= 4 is 21.7 Å². The summed E-state index contributed by atoms with van der Waals surface area (Å²) in [4.78, 5) is 0. The molecule has 1 aliphatic rings. The summed E-state index contributed by atoms with van der Waals surface area (Å²) in [6, 6.07) is 1.85. The molecule has 0 bridgehead atoms. The number of hydrogen-bond donors (Lipinski definition) is 2. The van der Waals surface area contributed by atoms with E-state index in [1.54, 1.807) is 13.3 Å². The Morgan fingerprint density at radius 3 is 2.90 bits per heavy atom. The Kier molecular flexibility index (Phi) is 3.43. The molecule has 0 fully saturated rings. The Bertz CT molecular complexity index is 642. The average molecular weight is 340 g/mol. The van der Waals surface area contributed by atoms with Gasteiger partial charge in [0.25, 0.3) is 0 Å². The number of halogens is 1. The Morgan fingerprint density at radius 2 is 2.20 bits per heavy atom. The number of H-pyrrole nitrogens is 1. The van der Waals surface area contributed by atoms with Crippen molar-refractivity contribution < 1.29 is 14.2 Å². The topological polar surface area (TPSA) is 82.4 Å². The van der Waals surface area contributed by atoms with Gasteiger partial charge in [-0.15, -0.1) is 0 Å². The predicted octanol–water partition coefficient (Wildman–Crippen LogP) is 2.59. The summed E-state index contributed by atoms with van der Waals surface area (Å²) >= 11 is 3.49. The summed E-state index contributed by atoms with van der Waals surface area (Å²) in [6.07, 6.45) is 2.48. The van der Waals surface area contributed by atoms with Crippen LogP contribution in [0, 0.1) is 0 Å². The lowest BCUT2D eigenvalue weighted by molar-refractivity contribution is 0.297. The third-order valence-corrected chi connectivity index (χ3v) is 3.68. The molecule has 2 heterocycles. The maximum atomic E-state index is 5.93. The predicted molar refractivity (Wildman–Crippen MR) is 78.3 cm³/mol. The molecule has 0 unspecified atom stereocenters. The molecule has 0 aliphatic carbocycles. The fraction of sp³-hybridized carbons (Fsp3) is 0.308. The summed E-state index contributed by atoms with van der Waals surface area (Å²) in [5, 5.41) is 6.68. The molecule has 3 N–H and O–H groups in total. The Labute approximate surface area is 124 Å². The minimum atomic E-state index is 0.455. The van der Waals surface area contributed by atoms with Crippen molar-refractivity contribution in [2.24, 2.45) is 0 Å². The number of fused-ring (bicyclic) bond motifs is 1. The van der Waals surface area contributed by atoms with Gasteiger partial charge in [0.05, 0.1) is 42.1 Å². The van der Waals surface area contributed by atoms with Crippen molar-refractivity contribution in [1.29, 1.82) is 0 Å². The van der Waals surface area contributed by atoms with E-state index < -0.39 is 0 Å². The molecular weight excluding hydrogens is 326 g/mol. The van der Waals surface area contributed by atoms with Gasteiger partial charge in [0.1, 0.15) is 11.6 Å². The van der Waals surface area contributed by atoms with Gasteiger partial charge in [-0.05, 0) is 15.9 Å². The molecule has 1 aliphatic heterocycles. The number of ether oxygens (including phenoxy) is 3. The molecule has 0 saturated carbocycles. The largest absolute Gasteiger partial charge is 0.495 e. The van der Waals surface area contributed by atoms with E-state index in [1.165, 1.54) is 0 Å². The number of methoxy groups -OCH3 is 1. The third kappa shape index (κ3) is 2.07. The molecule has 2 aromatic rings. The zero-order valence-corrected chi connectivity index (χ0v) is 12.5. The third-order valence-electron chi connectivity index (χ3n) is 3.09. The molecule has 106 valence electrons. The highest BCUT2D eigenvalue weighted by Crippen LogP contribution is 2.50. The van der Waals surface area contributed by atoms with Gasteiger partial charge in [-0.25, -0.2) is 0 Å². The van der Waals surface area contributed by atoms with Crippen LogP contribution in [-0.2, 0) is 0 Å². The smallest absolute Gasteiger partial charge is 0.172 e. The minimum absolute atomic E-state index is 0.455. The molecular formula is C13H14BrN3O3. The first-order valence-electron chi connectivity index (χ1n) is 6.17. The average Bonchev–Trinajstić information content (AvgIpc) is 2.71. The summed E-state index contributed by atoms with van der Waals surface area (Å²) in [5.74, 6) is 2.40. The SMILES string of the molecule is COc1c(Br)cc2c(c1-c1cn[nH]c1N)OCCCO2. The highest BCUT2D eigenvalue weighted by Gasteiger charge is 2.25. The van der Waals surface area contributed by atoms with Gasteiger partial charge in [0.15, 0.2) is 11.5 Å². The summed E-state index contributed by atoms with van der Waals surface area (Å²) in [7, 11) is 1.60. The van der Waals surface area contributed by atoms with Crippen molar-refractivity contribution in [2.45, 2.75) is 6.42 Å². The van der Waals surface area contributed by atoms with Gasteiger partial charge < -0.3 is 19.9 Å². The number of nitrogen functional groups attached to an aromatic ring is 1. The molecule has 1 aromatic carbocycles. The van der Waals surface area contributed by atoms with Gasteiger partial charge >= 0.3 is 0 Å². The number of nitrogens with two attached hydrogens (primary N) is 1. The van der Waals surface area contributed by atoms with Crippen LogP contribution in [0.4, 0.5) is 5.82 Å². The number of anilines is 1. The van der Waals surface area contributed by atoms with E-state index in [9.17, 15) is 0 Å². The second kappa shape index (κ2) is 5.24. The van der Waals surface area contributed by atoms with E-state index in [1.807, 2.05) is 6.07 Å². The highest BCUT2D eigenvalue weighted by atomic mass is 79.9. The monoisotopic (exact) mass is 339 g/mol. The zero-order chi connectivity index (χ0) is 14.1. The number of nitrogens with one attached hydrogen (secondary N) is 1. The van der Waals surface area contributed by atoms with Crippen molar-refractivity contribution in [3.8, 4) is 28.4 Å². The van der Waals surface area contributed by atoms with E-state index in [-0.39, 0.29) is 0 Å². The molecule has 7 heteroatoms. The molecule has 6 nitrogen and oxygen atoms in total. The number of hydrogen-bond acceptors (Lipinski definition) is 5. The summed E-state index contributed by atoms with van der Waals surface area (Å²) in [5.41, 5.74) is 7.40. The van der Waals surface area contributed by atoms with E-state index in [0.29, 0.717) is 36.3 Å². The first kappa shape index (κ1) is 13.1. The Balaban J connectivity index is 2.29. The summed E-state index contributed by atoms with van der Waals surface area (Å²) in [6.45, 7) is 1.20. The Hall–Kier alpha value is -1.89. The van der Waals surface area contributed by atoms with Crippen LogP contribution < -0.4 is 19.9 Å². The molecule has 0 radical (unpaired) electrons. The van der Waals surface area contributed by atoms with E-state index in [2.05, 4.69) is 26.1 Å². The van der Waals surface area contributed by atoms with Crippen LogP contribution in [0.2, 0.25) is 0 Å². The van der Waals surface area contributed by atoms with Crippen molar-refractivity contribution in [2.75, 3.05) is 26.1 Å². The lowest BCUT2D eigenvalue weighted by atomic mass is 10.1. The van der Waals surface area contributed by atoms with Gasteiger partial charge in [-0.2, -0.15) is 5.10 Å². The number of rotatable bonds is 2. The quantitative estimate of drug-likeness (QED) is 0.878. The second-order valence-corrected chi connectivity index (χ2v) is 5.20. The number of benzene rings is 1. The van der Waals surface area contributed by atoms with Crippen LogP contribution >= 0.6 is 15.9 Å². The molecule has 1 aromatic heterocycles. The maximum Gasteiger partial charge on any atom is 0.172 e. The van der Waals surface area contributed by atoms with Crippen LogP contribution in [0.15, 0.2) is 16.7 Å². The zero-order valence-electron chi connectivity index (χ0n) is 10.9. The van der Waals surface area contributed by atoms with Crippen LogP contribution in [0.1, 0.15) is 6.42 Å². The maximum absolute atomic E-state index is 5.93. The minimum Gasteiger partial charge on any atom is -0.495 e. The molecule has 0 atom stereocenters. The number of aromatic amines is 1. The van der Waals surface area contributed by atoms with Crippen LogP contribution in [0.3, 0.4) is 0 Å². The molecule has 20 heavy (non-hydrogen) atoms. The lowest BCUT2D eigenvalue weighted by Gasteiger charge is -2.17. The Morgan fingerprint density at radius 1 is 1.40 bits per heavy atom. The molecule has 0 amide bonds. The first-order chi connectivity index (χ1) is 9.72. The molecule has 0 saturated heterocycles. The van der Waals surface area contributed by atoms with E-state index in [4.69, 9.17) is 19.9 Å². The van der Waals surface area contributed by atoms with Gasteiger partial charge in [0, 0.05) is 12.5 Å². The second-order valence-electron chi connectivity index (χ2n) is 4.34. The van der Waals surface area contributed by atoms with Crippen LogP contribution in [0.5, 0.6) is 17.2 Å². The van der Waals surface area contributed by atoms with Gasteiger partial charge in [0.2, 0.25) is 0 Å². The lowest BCUT2D eigenvalue weighted by Crippen LogP contribution is -1.99. The van der Waals surface area contributed by atoms with Crippen LogP contribution in [0.25, 0.3) is 11.1 Å². The van der Waals surface area contributed by atoms with Crippen molar-refractivity contribution in [3.63, 3.8) is 0 Å². The standard InChI is InChI=1S/C13H14BrN3O3/c1-18-11-8(14)5-9-12(20-4-2-3-19-9)10(11)7-6-16-17-13(7)15/h5-6H,2-4H2,1H3,(H3,15,16,17). The van der Waals surface area contributed by atoms with Crippen LogP contribution in [-0.4, -0.2) is 30.5 Å². The molecule has 3 rings (SSSR count). The fourth-order valence-electron chi connectivity index (χ4n) is 2.20. The van der Waals surface area contributed by atoms with E-state index in [0.717, 1.165) is 22.0 Å². The highest BCUT2D eigenvalue weighted by molar-refractivity contribution is 9.10.